The van der Waals surface area contributed by atoms with Crippen molar-refractivity contribution in [2.24, 2.45) is 0 Å². The average molecular weight is 323 g/mol. The number of H-pyrrole nitrogens is 1. The van der Waals surface area contributed by atoms with Gasteiger partial charge in [-0.2, -0.15) is 24.8 Å². The van der Waals surface area contributed by atoms with E-state index in [1.54, 1.807) is 17.0 Å². The number of hydrogen-bond donors (Lipinski definition) is 3. The highest BCUT2D eigenvalue weighted by Crippen LogP contribution is 2.13. The van der Waals surface area contributed by atoms with E-state index in [1.807, 2.05) is 13.0 Å². The van der Waals surface area contributed by atoms with Gasteiger partial charge in [-0.15, -0.1) is 0 Å². The molecule has 0 aromatic carbocycles. The van der Waals surface area contributed by atoms with Crippen molar-refractivity contribution in [1.82, 2.24) is 39.6 Å². The van der Waals surface area contributed by atoms with Gasteiger partial charge in [0.05, 0.1) is 24.3 Å². The Morgan fingerprint density at radius 1 is 1.17 bits per heavy atom. The van der Waals surface area contributed by atoms with E-state index >= 15 is 0 Å². The highest BCUT2D eigenvalue weighted by Gasteiger charge is 2.08. The van der Waals surface area contributed by atoms with Crippen molar-refractivity contribution in [3.8, 4) is 11.9 Å². The molecule has 0 bridgehead atoms. The fraction of sp³-hybridized carbons (Fsp3) is 0.0769. The van der Waals surface area contributed by atoms with Gasteiger partial charge in [0.2, 0.25) is 0 Å². The molecule has 5 N–H and O–H groups in total. The lowest BCUT2D eigenvalue weighted by Gasteiger charge is -2.00. The summed E-state index contributed by atoms with van der Waals surface area (Å²) < 4.78 is 2.91. The third kappa shape index (κ3) is 2.71. The van der Waals surface area contributed by atoms with Crippen LogP contribution in [0.4, 0.5) is 11.5 Å². The van der Waals surface area contributed by atoms with Gasteiger partial charge in [-0.25, -0.2) is 9.97 Å². The molecule has 0 atom stereocenters. The summed E-state index contributed by atoms with van der Waals surface area (Å²) in [6.45, 7) is 1.86. The van der Waals surface area contributed by atoms with Crippen molar-refractivity contribution in [3.05, 3.63) is 42.4 Å². The van der Waals surface area contributed by atoms with Crippen LogP contribution in [0, 0.1) is 18.3 Å². The van der Waals surface area contributed by atoms with Gasteiger partial charge in [0, 0.05) is 12.4 Å². The number of fused-ring (bicyclic) bond motifs is 1. The Morgan fingerprint density at radius 3 is 2.62 bits per heavy atom. The van der Waals surface area contributed by atoms with Gasteiger partial charge in [-0.05, 0) is 6.92 Å². The van der Waals surface area contributed by atoms with Gasteiger partial charge in [-0.1, -0.05) is 0 Å². The molecular weight excluding hydrogens is 310 g/mol. The maximum Gasteiger partial charge on any atom is 0.198 e. The van der Waals surface area contributed by atoms with E-state index < -0.39 is 0 Å². The smallest absolute Gasteiger partial charge is 0.198 e. The molecule has 4 aromatic heterocycles. The van der Waals surface area contributed by atoms with E-state index in [4.69, 9.17) is 16.7 Å². The van der Waals surface area contributed by atoms with Crippen LogP contribution >= 0.6 is 0 Å². The van der Waals surface area contributed by atoms with Crippen LogP contribution in [0.5, 0.6) is 0 Å². The number of aromatic nitrogens is 8. The standard InChI is InChI=1S/C8H6N6.C5H7N5/c9-3-6-4-13-14(8(6)10)7-5-11-1-2-12-7;1-3-8-5-4(6)2-7-10(5)9-3/h1-2,4-5H,10H2;2H,6H2,1H3,(H,8,9). The van der Waals surface area contributed by atoms with Gasteiger partial charge in [0.15, 0.2) is 11.5 Å². The van der Waals surface area contributed by atoms with Crippen LogP contribution in [0.1, 0.15) is 11.4 Å². The molecule has 11 nitrogen and oxygen atoms in total. The lowest BCUT2D eigenvalue weighted by Crippen LogP contribution is -2.04. The third-order valence-electron chi connectivity index (χ3n) is 3.01. The molecule has 0 radical (unpaired) electrons. The molecule has 0 aliphatic rings. The van der Waals surface area contributed by atoms with Crippen LogP contribution in [0.15, 0.2) is 31.0 Å². The first-order chi connectivity index (χ1) is 11.6. The zero-order valence-corrected chi connectivity index (χ0v) is 12.6. The molecule has 0 saturated heterocycles. The molecule has 0 fully saturated rings. The number of nitrogen functional groups attached to an aromatic ring is 2. The SMILES string of the molecule is Cc1nc2c(N)cnn2[nH]1.N#Cc1cnn(-c2cnccn2)c1N. The van der Waals surface area contributed by atoms with Crippen molar-refractivity contribution in [2.75, 3.05) is 11.5 Å². The second kappa shape index (κ2) is 6.05. The Labute approximate surface area is 135 Å². The van der Waals surface area contributed by atoms with Crippen LogP contribution in [-0.2, 0) is 0 Å². The predicted octanol–water partition coefficient (Wildman–Crippen LogP) is 0.0642. The van der Waals surface area contributed by atoms with E-state index in [-0.39, 0.29) is 5.82 Å². The number of nitrogens with two attached hydrogens (primary N) is 2. The minimum absolute atomic E-state index is 0.271. The zero-order chi connectivity index (χ0) is 17.1. The molecule has 0 spiro atoms. The fourth-order valence-corrected chi connectivity index (χ4v) is 1.91. The molecular formula is C13H13N11. The normalized spacial score (nSPS) is 10.2. The quantitative estimate of drug-likeness (QED) is 0.442. The maximum absolute atomic E-state index is 8.66. The molecule has 120 valence electrons. The van der Waals surface area contributed by atoms with Gasteiger partial charge >= 0.3 is 0 Å². The summed E-state index contributed by atoms with van der Waals surface area (Å²) in [7, 11) is 0. The number of aromatic amines is 1. The number of nitrogens with one attached hydrogen (secondary N) is 1. The van der Waals surface area contributed by atoms with E-state index in [0.29, 0.717) is 22.7 Å². The second-order valence-electron chi connectivity index (χ2n) is 4.68. The first kappa shape index (κ1) is 15.0. The lowest BCUT2D eigenvalue weighted by atomic mass is 10.4. The summed E-state index contributed by atoms with van der Waals surface area (Å²) in [5.74, 6) is 1.58. The number of rotatable bonds is 1. The minimum atomic E-state index is 0.271. The molecule has 4 heterocycles. The van der Waals surface area contributed by atoms with Crippen LogP contribution in [0.3, 0.4) is 0 Å². The highest BCUT2D eigenvalue weighted by atomic mass is 15.5. The minimum Gasteiger partial charge on any atom is -0.394 e. The summed E-state index contributed by atoms with van der Waals surface area (Å²) in [6, 6.07) is 1.93. The predicted molar refractivity (Wildman–Crippen MR) is 84.8 cm³/mol. The molecule has 11 heteroatoms. The van der Waals surface area contributed by atoms with Crippen molar-refractivity contribution >= 4 is 17.2 Å². The fourth-order valence-electron chi connectivity index (χ4n) is 1.91. The molecule has 0 unspecified atom stereocenters. The van der Waals surface area contributed by atoms with Gasteiger partial charge in [0.25, 0.3) is 0 Å². The van der Waals surface area contributed by atoms with Crippen LogP contribution in [0.25, 0.3) is 11.5 Å². The zero-order valence-electron chi connectivity index (χ0n) is 12.6. The molecule has 4 rings (SSSR count). The first-order valence-corrected chi connectivity index (χ1v) is 6.76. The van der Waals surface area contributed by atoms with E-state index in [0.717, 1.165) is 5.82 Å². The number of hydrogen-bond acceptors (Lipinski definition) is 8. The summed E-state index contributed by atoms with van der Waals surface area (Å²) in [6.07, 6.45) is 7.56. The summed E-state index contributed by atoms with van der Waals surface area (Å²) in [5, 5.41) is 19.4. The average Bonchev–Trinajstić information content (AvgIpc) is 3.25. The van der Waals surface area contributed by atoms with Crippen molar-refractivity contribution in [3.63, 3.8) is 0 Å². The summed E-state index contributed by atoms with van der Waals surface area (Å²) in [4.78, 5) is 12.0. The number of anilines is 2. The third-order valence-corrected chi connectivity index (χ3v) is 3.01. The molecule has 0 aliphatic heterocycles. The Morgan fingerprint density at radius 2 is 2.00 bits per heavy atom. The molecule has 0 saturated carbocycles. The monoisotopic (exact) mass is 323 g/mol. The molecule has 24 heavy (non-hydrogen) atoms. The largest absolute Gasteiger partial charge is 0.394 e. The molecule has 0 aliphatic carbocycles. The van der Waals surface area contributed by atoms with Crippen molar-refractivity contribution in [1.29, 1.82) is 5.26 Å². The summed E-state index contributed by atoms with van der Waals surface area (Å²) >= 11 is 0. The van der Waals surface area contributed by atoms with E-state index in [1.165, 1.54) is 23.3 Å². The van der Waals surface area contributed by atoms with E-state index in [9.17, 15) is 0 Å². The molecule has 4 aromatic rings. The maximum atomic E-state index is 8.66. The van der Waals surface area contributed by atoms with Crippen LogP contribution in [-0.4, -0.2) is 39.6 Å². The van der Waals surface area contributed by atoms with Crippen LogP contribution in [0.2, 0.25) is 0 Å². The second-order valence-corrected chi connectivity index (χ2v) is 4.68. The van der Waals surface area contributed by atoms with Crippen molar-refractivity contribution in [2.45, 2.75) is 6.92 Å². The Balaban J connectivity index is 0.000000149. The number of nitrogens with zero attached hydrogens (tertiary/aromatic N) is 8. The van der Waals surface area contributed by atoms with Gasteiger partial charge < -0.3 is 11.5 Å². The Bertz CT molecular complexity index is 1000. The topological polar surface area (TPSA) is 165 Å². The van der Waals surface area contributed by atoms with E-state index in [2.05, 4.69) is 30.2 Å². The van der Waals surface area contributed by atoms with Crippen molar-refractivity contribution < 1.29 is 0 Å². The Kier molecular flexibility index (Phi) is 3.77. The molecule has 0 amide bonds. The number of aryl methyl sites for hydroxylation is 1. The summed E-state index contributed by atoms with van der Waals surface area (Å²) in [5.41, 5.74) is 12.8. The van der Waals surface area contributed by atoms with Crippen LogP contribution < -0.4 is 11.5 Å². The first-order valence-electron chi connectivity index (χ1n) is 6.76. The lowest BCUT2D eigenvalue weighted by molar-refractivity contribution is 0.806. The number of nitriles is 1. The Hall–Kier alpha value is -3.94. The van der Waals surface area contributed by atoms with Gasteiger partial charge in [-0.3, -0.25) is 10.1 Å². The van der Waals surface area contributed by atoms with Gasteiger partial charge in [0.1, 0.15) is 23.3 Å². The highest BCUT2D eigenvalue weighted by molar-refractivity contribution is 5.62.